The molecule has 0 amide bonds. The number of fused-ring (bicyclic) bond motifs is 1. The molecule has 2 heteroatoms. The van der Waals surface area contributed by atoms with Gasteiger partial charge in [-0.15, -0.1) is 0 Å². The highest BCUT2D eigenvalue weighted by molar-refractivity contribution is 7.69. The molecule has 27 heavy (non-hydrogen) atoms. The van der Waals surface area contributed by atoms with E-state index in [0.29, 0.717) is 5.78 Å². The summed E-state index contributed by atoms with van der Waals surface area (Å²) < 4.78 is 0. The molecule has 2 aliphatic heterocycles. The fourth-order valence-corrected chi connectivity index (χ4v) is 10.2. The van der Waals surface area contributed by atoms with Gasteiger partial charge in [0.15, 0.2) is 0 Å². The van der Waals surface area contributed by atoms with E-state index in [1.807, 2.05) is 0 Å². The van der Waals surface area contributed by atoms with Gasteiger partial charge in [-0.3, -0.25) is 4.79 Å². The van der Waals surface area contributed by atoms with Crippen molar-refractivity contribution in [3.8, 4) is 0 Å². The normalized spacial score (nSPS) is 27.7. The van der Waals surface area contributed by atoms with Crippen LogP contribution in [0, 0.1) is 0 Å². The van der Waals surface area contributed by atoms with Gasteiger partial charge >= 0.3 is 0 Å². The van der Waals surface area contributed by atoms with Crippen molar-refractivity contribution in [1.29, 1.82) is 0 Å². The lowest BCUT2D eigenvalue weighted by atomic mass is 9.61. The molecule has 2 saturated heterocycles. The van der Waals surface area contributed by atoms with Gasteiger partial charge in [-0.2, -0.15) is 0 Å². The van der Waals surface area contributed by atoms with Crippen LogP contribution in [0.25, 0.3) is 0 Å². The number of carbonyl (C=O) groups is 1. The quantitative estimate of drug-likeness (QED) is 0.537. The second-order valence-electron chi connectivity index (χ2n) is 7.73. The number of carbonyl (C=O) groups excluding carboxylic acids is 1. The average molecular weight is 370 g/mol. The summed E-state index contributed by atoms with van der Waals surface area (Å²) in [4.78, 5) is 12.8. The van der Waals surface area contributed by atoms with Gasteiger partial charge in [0, 0.05) is 10.6 Å². The molecule has 0 aromatic heterocycles. The smallest absolute Gasteiger partial charge is 0.138 e. The number of hydrogen-bond acceptors (Lipinski definition) is 1. The second kappa shape index (κ2) is 6.14. The summed E-state index contributed by atoms with van der Waals surface area (Å²) in [6.45, 7) is 1.80. The minimum absolute atomic E-state index is 0.0713. The molecule has 0 N–H and O–H groups in total. The van der Waals surface area contributed by atoms with Gasteiger partial charge in [0.05, 0.1) is 5.66 Å². The van der Waals surface area contributed by atoms with Gasteiger partial charge < -0.3 is 0 Å². The minimum Gasteiger partial charge on any atom is -0.299 e. The number of ketones is 1. The molecule has 0 radical (unpaired) electrons. The van der Waals surface area contributed by atoms with Crippen molar-refractivity contribution in [2.24, 2.45) is 0 Å². The molecule has 2 heterocycles. The monoisotopic (exact) mass is 370 g/mol. The highest BCUT2D eigenvalue weighted by atomic mass is 31.1. The lowest BCUT2D eigenvalue weighted by Gasteiger charge is -2.41. The molecule has 3 aromatic carbocycles. The van der Waals surface area contributed by atoms with E-state index in [0.717, 1.165) is 12.6 Å². The van der Waals surface area contributed by atoms with Crippen LogP contribution in [-0.2, 0) is 15.4 Å². The molecule has 3 aromatic rings. The zero-order chi connectivity index (χ0) is 18.5. The summed E-state index contributed by atoms with van der Waals surface area (Å²) in [7, 11) is -0.346. The topological polar surface area (TPSA) is 17.1 Å². The van der Waals surface area contributed by atoms with Gasteiger partial charge in [-0.25, -0.2) is 0 Å². The van der Waals surface area contributed by atoms with E-state index < -0.39 is 0 Å². The minimum atomic E-state index is -0.346. The van der Waals surface area contributed by atoms with Crippen molar-refractivity contribution in [2.45, 2.75) is 29.6 Å². The highest BCUT2D eigenvalue weighted by Crippen LogP contribution is 2.91. The van der Waals surface area contributed by atoms with Crippen LogP contribution < -0.4 is 0 Å². The van der Waals surface area contributed by atoms with Crippen LogP contribution in [0.4, 0.5) is 0 Å². The van der Waals surface area contributed by atoms with E-state index in [-0.39, 0.29) is 24.2 Å². The molecule has 0 aliphatic carbocycles. The summed E-state index contributed by atoms with van der Waals surface area (Å²) in [5, 5.41) is -0.0713. The predicted molar refractivity (Wildman–Crippen MR) is 113 cm³/mol. The summed E-state index contributed by atoms with van der Waals surface area (Å²) in [6, 6.07) is 32.7. The van der Waals surface area contributed by atoms with E-state index in [4.69, 9.17) is 0 Å². The maximum atomic E-state index is 12.8. The molecule has 5 rings (SSSR count). The summed E-state index contributed by atoms with van der Waals surface area (Å²) >= 11 is 0. The van der Waals surface area contributed by atoms with Gasteiger partial charge in [0.1, 0.15) is 5.78 Å². The third-order valence-corrected chi connectivity index (χ3v) is 10.2. The molecular weight excluding hydrogens is 347 g/mol. The second-order valence-corrected chi connectivity index (χ2v) is 10.3. The Bertz CT molecular complexity index is 927. The van der Waals surface area contributed by atoms with Gasteiger partial charge in [-0.1, -0.05) is 98.9 Å². The first-order chi connectivity index (χ1) is 13.2. The zero-order valence-corrected chi connectivity index (χ0v) is 16.4. The van der Waals surface area contributed by atoms with E-state index in [1.54, 1.807) is 6.92 Å². The van der Waals surface area contributed by atoms with Gasteiger partial charge in [0.25, 0.3) is 0 Å². The molecule has 3 atom stereocenters. The van der Waals surface area contributed by atoms with Crippen molar-refractivity contribution in [3.63, 3.8) is 0 Å². The maximum Gasteiger partial charge on any atom is 0.138 e. The summed E-state index contributed by atoms with van der Waals surface area (Å²) in [5.74, 6) is 0.362. The third-order valence-electron chi connectivity index (χ3n) is 6.60. The number of benzene rings is 3. The molecule has 0 bridgehead atoms. The number of hydrogen-bond donors (Lipinski definition) is 0. The van der Waals surface area contributed by atoms with E-state index >= 15 is 0 Å². The SMILES string of the molecule is CC(=O)C1P2CCC(c3ccccc3)(c3ccccc3)C12c1ccccc1. The Balaban J connectivity index is 1.84. The lowest BCUT2D eigenvalue weighted by Crippen LogP contribution is -2.43. The fraction of sp³-hybridized carbons (Fsp3) is 0.240. The fourth-order valence-electron chi connectivity index (χ4n) is 5.72. The van der Waals surface area contributed by atoms with Crippen molar-refractivity contribution in [1.82, 2.24) is 0 Å². The lowest BCUT2D eigenvalue weighted by molar-refractivity contribution is -0.116. The molecule has 2 fully saturated rings. The standard InChI is InChI=1S/C25H23OP/c1-19(26)23-25(22-15-9-4-10-16-22)24(17-18-27(23)25,20-11-5-2-6-12-20)21-13-7-3-8-14-21/h2-16,23H,17-18H2,1H3. The van der Waals surface area contributed by atoms with Crippen molar-refractivity contribution < 1.29 is 4.79 Å². The number of Topliss-reactive ketones (excluding diaryl/α,β-unsaturated/α-hetero) is 1. The Morgan fingerprint density at radius 2 is 1.22 bits per heavy atom. The van der Waals surface area contributed by atoms with Crippen LogP contribution in [0.2, 0.25) is 0 Å². The van der Waals surface area contributed by atoms with Crippen molar-refractivity contribution in [2.75, 3.05) is 6.16 Å². The van der Waals surface area contributed by atoms with E-state index in [9.17, 15) is 4.79 Å². The molecule has 3 unspecified atom stereocenters. The van der Waals surface area contributed by atoms with E-state index in [1.165, 1.54) is 16.7 Å². The molecule has 2 aliphatic rings. The first-order valence-corrected chi connectivity index (χ1v) is 11.3. The van der Waals surface area contributed by atoms with Crippen LogP contribution in [-0.4, -0.2) is 17.6 Å². The van der Waals surface area contributed by atoms with Gasteiger partial charge in [0.2, 0.25) is 0 Å². The third kappa shape index (κ3) is 2.13. The molecule has 1 nitrogen and oxygen atoms in total. The first-order valence-electron chi connectivity index (χ1n) is 9.67. The largest absolute Gasteiger partial charge is 0.299 e. The summed E-state index contributed by atoms with van der Waals surface area (Å²) in [6.07, 6.45) is 2.28. The maximum absolute atomic E-state index is 12.8. The molecule has 0 saturated carbocycles. The Morgan fingerprint density at radius 1 is 0.778 bits per heavy atom. The molecule has 134 valence electrons. The zero-order valence-electron chi connectivity index (χ0n) is 15.5. The van der Waals surface area contributed by atoms with Crippen LogP contribution in [0.3, 0.4) is 0 Å². The highest BCUT2D eigenvalue weighted by Gasteiger charge is 2.79. The Morgan fingerprint density at radius 3 is 1.63 bits per heavy atom. The molecule has 0 spiro atoms. The average Bonchev–Trinajstić information content (AvgIpc) is 3.30. The number of rotatable bonds is 4. The van der Waals surface area contributed by atoms with Gasteiger partial charge in [-0.05, 0) is 36.2 Å². The van der Waals surface area contributed by atoms with Crippen LogP contribution >= 0.6 is 7.92 Å². The molecular formula is C25H23OP. The van der Waals surface area contributed by atoms with Crippen molar-refractivity contribution in [3.05, 3.63) is 108 Å². The van der Waals surface area contributed by atoms with Crippen LogP contribution in [0.15, 0.2) is 91.0 Å². The Kier molecular flexibility index (Phi) is 3.85. The van der Waals surface area contributed by atoms with Crippen molar-refractivity contribution >= 4 is 13.7 Å². The predicted octanol–water partition coefficient (Wildman–Crippen LogP) is 5.73. The van der Waals surface area contributed by atoms with Crippen LogP contribution in [0.1, 0.15) is 30.0 Å². The Hall–Kier alpha value is -2.24. The van der Waals surface area contributed by atoms with Crippen LogP contribution in [0.5, 0.6) is 0 Å². The first kappa shape index (κ1) is 16.9. The van der Waals surface area contributed by atoms with E-state index in [2.05, 4.69) is 91.0 Å². The Labute approximate surface area is 162 Å². The summed E-state index contributed by atoms with van der Waals surface area (Å²) in [5.41, 5.74) is 4.10.